The Morgan fingerprint density at radius 1 is 0.861 bits per heavy atom. The number of rotatable bonds is 9. The molecule has 190 valence electrons. The second-order valence-corrected chi connectivity index (χ2v) is 10.4. The molecule has 5 heteroatoms. The van der Waals surface area contributed by atoms with E-state index in [2.05, 4.69) is 5.32 Å². The molecule has 0 radical (unpaired) electrons. The van der Waals surface area contributed by atoms with E-state index in [4.69, 9.17) is 4.74 Å². The summed E-state index contributed by atoms with van der Waals surface area (Å²) < 4.78 is 5.98. The second kappa shape index (κ2) is 11.9. The standard InChI is InChI=1S/C31H38N2O3/c1-22-15-17-26(18-16-22)20-33(29(34)21-36-28-14-10-11-23(2)24(28)3)27(30(35)32-31(4,5)6)19-25-12-8-7-9-13-25/h7-18,27H,19-21H2,1-6H3,(H,32,35)/t27-/m1/s1. The molecule has 0 saturated carbocycles. The SMILES string of the molecule is Cc1ccc(CN(C(=O)COc2cccc(C)c2C)[C@H](Cc2ccccc2)C(=O)NC(C)(C)C)cc1. The minimum atomic E-state index is -0.692. The molecule has 0 spiro atoms. The highest BCUT2D eigenvalue weighted by Crippen LogP contribution is 2.22. The van der Waals surface area contributed by atoms with E-state index in [9.17, 15) is 9.59 Å². The molecule has 0 saturated heterocycles. The number of carbonyl (C=O) groups is 2. The van der Waals surface area contributed by atoms with Crippen LogP contribution in [0.3, 0.4) is 0 Å². The van der Waals surface area contributed by atoms with E-state index in [-0.39, 0.29) is 18.4 Å². The van der Waals surface area contributed by atoms with Crippen LogP contribution in [0.5, 0.6) is 5.75 Å². The van der Waals surface area contributed by atoms with Gasteiger partial charge in [-0.05, 0) is 69.9 Å². The van der Waals surface area contributed by atoms with Crippen LogP contribution in [0.1, 0.15) is 48.6 Å². The lowest BCUT2D eigenvalue weighted by Gasteiger charge is -2.34. The number of nitrogens with zero attached hydrogens (tertiary/aromatic N) is 1. The number of aryl methyl sites for hydroxylation is 2. The zero-order chi connectivity index (χ0) is 26.3. The van der Waals surface area contributed by atoms with Crippen LogP contribution in [0.25, 0.3) is 0 Å². The number of ether oxygens (including phenoxy) is 1. The molecule has 3 aromatic rings. The topological polar surface area (TPSA) is 58.6 Å². The number of benzene rings is 3. The average Bonchev–Trinajstić information content (AvgIpc) is 2.83. The normalized spacial score (nSPS) is 12.1. The van der Waals surface area contributed by atoms with E-state index in [0.29, 0.717) is 18.7 Å². The van der Waals surface area contributed by atoms with Crippen molar-refractivity contribution in [1.29, 1.82) is 0 Å². The summed E-state index contributed by atoms with van der Waals surface area (Å²) in [5.74, 6) is 0.261. The largest absolute Gasteiger partial charge is 0.483 e. The Morgan fingerprint density at radius 2 is 1.53 bits per heavy atom. The highest BCUT2D eigenvalue weighted by molar-refractivity contribution is 5.89. The lowest BCUT2D eigenvalue weighted by molar-refractivity contribution is -0.143. The van der Waals surface area contributed by atoms with E-state index >= 15 is 0 Å². The van der Waals surface area contributed by atoms with Crippen molar-refractivity contribution in [3.63, 3.8) is 0 Å². The summed E-state index contributed by atoms with van der Waals surface area (Å²) in [4.78, 5) is 28.9. The molecule has 0 bridgehead atoms. The molecule has 0 aromatic heterocycles. The minimum Gasteiger partial charge on any atom is -0.483 e. The fourth-order valence-corrected chi connectivity index (χ4v) is 4.00. The van der Waals surface area contributed by atoms with Crippen molar-refractivity contribution >= 4 is 11.8 Å². The third-order valence-corrected chi connectivity index (χ3v) is 6.15. The quantitative estimate of drug-likeness (QED) is 0.432. The Balaban J connectivity index is 1.94. The van der Waals surface area contributed by atoms with Crippen molar-refractivity contribution in [3.05, 3.63) is 101 Å². The van der Waals surface area contributed by atoms with Gasteiger partial charge >= 0.3 is 0 Å². The summed E-state index contributed by atoms with van der Waals surface area (Å²) in [6, 6.07) is 23.0. The zero-order valence-corrected chi connectivity index (χ0v) is 22.3. The van der Waals surface area contributed by atoms with Gasteiger partial charge in [-0.25, -0.2) is 0 Å². The summed E-state index contributed by atoms with van der Waals surface area (Å²) in [6.45, 7) is 12.0. The first-order chi connectivity index (χ1) is 17.0. The molecule has 36 heavy (non-hydrogen) atoms. The molecule has 0 unspecified atom stereocenters. The van der Waals surface area contributed by atoms with Crippen LogP contribution in [-0.2, 0) is 22.6 Å². The molecule has 2 amide bonds. The molecular formula is C31H38N2O3. The zero-order valence-electron chi connectivity index (χ0n) is 22.3. The number of amides is 2. The second-order valence-electron chi connectivity index (χ2n) is 10.4. The molecular weight excluding hydrogens is 448 g/mol. The van der Waals surface area contributed by atoms with Gasteiger partial charge in [0.25, 0.3) is 5.91 Å². The van der Waals surface area contributed by atoms with Crippen molar-refractivity contribution in [2.24, 2.45) is 0 Å². The fourth-order valence-electron chi connectivity index (χ4n) is 4.00. The monoisotopic (exact) mass is 486 g/mol. The first-order valence-electron chi connectivity index (χ1n) is 12.4. The molecule has 1 atom stereocenters. The third-order valence-electron chi connectivity index (χ3n) is 6.15. The Kier molecular flexibility index (Phi) is 8.92. The van der Waals surface area contributed by atoms with Crippen LogP contribution in [0.15, 0.2) is 72.8 Å². The maximum atomic E-state index is 13.7. The summed E-state index contributed by atoms with van der Waals surface area (Å²) in [6.07, 6.45) is 0.407. The molecule has 3 aromatic carbocycles. The molecule has 0 aliphatic heterocycles. The molecule has 1 N–H and O–H groups in total. The van der Waals surface area contributed by atoms with Gasteiger partial charge in [-0.2, -0.15) is 0 Å². The van der Waals surface area contributed by atoms with Crippen LogP contribution >= 0.6 is 0 Å². The van der Waals surface area contributed by atoms with Gasteiger partial charge in [0.2, 0.25) is 5.91 Å². The summed E-state index contributed by atoms with van der Waals surface area (Å²) >= 11 is 0. The van der Waals surface area contributed by atoms with Crippen LogP contribution < -0.4 is 10.1 Å². The lowest BCUT2D eigenvalue weighted by atomic mass is 10.0. The van der Waals surface area contributed by atoms with Gasteiger partial charge in [-0.15, -0.1) is 0 Å². The van der Waals surface area contributed by atoms with E-state index in [1.807, 2.05) is 114 Å². The Labute approximate surface area is 215 Å². The van der Waals surface area contributed by atoms with Crippen molar-refractivity contribution in [3.8, 4) is 5.75 Å². The van der Waals surface area contributed by atoms with Crippen molar-refractivity contribution < 1.29 is 14.3 Å². The van der Waals surface area contributed by atoms with Gasteiger partial charge in [0.1, 0.15) is 11.8 Å². The van der Waals surface area contributed by atoms with Crippen LogP contribution in [0.4, 0.5) is 0 Å². The maximum absolute atomic E-state index is 13.7. The van der Waals surface area contributed by atoms with Crippen molar-refractivity contribution in [2.75, 3.05) is 6.61 Å². The van der Waals surface area contributed by atoms with Gasteiger partial charge < -0.3 is 15.0 Å². The highest BCUT2D eigenvalue weighted by atomic mass is 16.5. The number of hydrogen-bond acceptors (Lipinski definition) is 3. The van der Waals surface area contributed by atoms with Gasteiger partial charge in [0.15, 0.2) is 6.61 Å². The van der Waals surface area contributed by atoms with E-state index in [0.717, 1.165) is 27.8 Å². The Hall–Kier alpha value is -3.60. The van der Waals surface area contributed by atoms with Gasteiger partial charge in [-0.1, -0.05) is 72.3 Å². The molecule has 0 heterocycles. The molecule has 0 fully saturated rings. The van der Waals surface area contributed by atoms with Crippen molar-refractivity contribution in [1.82, 2.24) is 10.2 Å². The smallest absolute Gasteiger partial charge is 0.261 e. The van der Waals surface area contributed by atoms with Gasteiger partial charge in [0.05, 0.1) is 0 Å². The molecule has 3 rings (SSSR count). The molecule has 0 aliphatic carbocycles. The molecule has 0 aliphatic rings. The summed E-state index contributed by atoms with van der Waals surface area (Å²) in [7, 11) is 0. The van der Waals surface area contributed by atoms with Crippen molar-refractivity contribution in [2.45, 2.75) is 66.1 Å². The predicted octanol–water partition coefficient (Wildman–Crippen LogP) is 5.55. The van der Waals surface area contributed by atoms with E-state index < -0.39 is 11.6 Å². The fraction of sp³-hybridized carbons (Fsp3) is 0.355. The average molecular weight is 487 g/mol. The lowest BCUT2D eigenvalue weighted by Crippen LogP contribution is -2.55. The summed E-state index contributed by atoms with van der Waals surface area (Å²) in [5, 5.41) is 3.09. The number of carbonyl (C=O) groups excluding carboxylic acids is 2. The Morgan fingerprint density at radius 3 is 2.17 bits per heavy atom. The van der Waals surface area contributed by atoms with Crippen LogP contribution in [-0.4, -0.2) is 34.9 Å². The molecule has 5 nitrogen and oxygen atoms in total. The third kappa shape index (κ3) is 7.70. The predicted molar refractivity (Wildman–Crippen MR) is 145 cm³/mol. The maximum Gasteiger partial charge on any atom is 0.261 e. The minimum absolute atomic E-state index is 0.149. The number of nitrogens with one attached hydrogen (secondary N) is 1. The number of hydrogen-bond donors (Lipinski definition) is 1. The van der Waals surface area contributed by atoms with Crippen LogP contribution in [0.2, 0.25) is 0 Å². The van der Waals surface area contributed by atoms with E-state index in [1.54, 1.807) is 4.90 Å². The highest BCUT2D eigenvalue weighted by Gasteiger charge is 2.32. The first-order valence-corrected chi connectivity index (χ1v) is 12.4. The van der Waals surface area contributed by atoms with Gasteiger partial charge in [0, 0.05) is 18.5 Å². The Bertz CT molecular complexity index is 1160. The van der Waals surface area contributed by atoms with Crippen LogP contribution in [0, 0.1) is 20.8 Å². The first kappa shape index (κ1) is 27.0. The van der Waals surface area contributed by atoms with E-state index in [1.165, 1.54) is 0 Å². The van der Waals surface area contributed by atoms with Gasteiger partial charge in [-0.3, -0.25) is 9.59 Å². The summed E-state index contributed by atoms with van der Waals surface area (Å²) in [5.41, 5.74) is 4.76.